The van der Waals surface area contributed by atoms with Crippen molar-refractivity contribution >= 4 is 5.78 Å². The average Bonchev–Trinajstić information content (AvgIpc) is 2.23. The van der Waals surface area contributed by atoms with Crippen molar-refractivity contribution < 1.29 is 4.79 Å². The largest absolute Gasteiger partial charge is 0.301 e. The van der Waals surface area contributed by atoms with Gasteiger partial charge in [-0.2, -0.15) is 0 Å². The number of ketones is 1. The van der Waals surface area contributed by atoms with Gasteiger partial charge in [0, 0.05) is 6.04 Å². The Morgan fingerprint density at radius 1 is 1.27 bits per heavy atom. The molecule has 0 amide bonds. The molecule has 2 heteroatoms. The monoisotopic (exact) mass is 207 g/mol. The molecular formula is C13H21NO. The van der Waals surface area contributed by atoms with Gasteiger partial charge in [0.25, 0.3) is 0 Å². The first-order valence-electron chi connectivity index (χ1n) is 5.81. The summed E-state index contributed by atoms with van der Waals surface area (Å²) in [6.45, 7) is 8.82. The first kappa shape index (κ1) is 12.2. The molecule has 0 radical (unpaired) electrons. The molecule has 1 unspecified atom stereocenters. The summed E-state index contributed by atoms with van der Waals surface area (Å²) in [6, 6.07) is 0.576. The maximum atomic E-state index is 11.0. The van der Waals surface area contributed by atoms with Gasteiger partial charge in [-0.05, 0) is 44.5 Å². The van der Waals surface area contributed by atoms with Gasteiger partial charge in [0.05, 0.1) is 0 Å². The van der Waals surface area contributed by atoms with Gasteiger partial charge < -0.3 is 4.90 Å². The van der Waals surface area contributed by atoms with Crippen LogP contribution < -0.4 is 0 Å². The van der Waals surface area contributed by atoms with Crippen molar-refractivity contribution in [3.8, 4) is 0 Å². The standard InChI is InChI=1S/C13H21NO/c1-4-14(5-2)11(3)10-12-6-8-13(15)9-7-12/h6-9,11-12H,4-5,10H2,1-3H3. The number of hydrogen-bond donors (Lipinski definition) is 0. The number of rotatable bonds is 5. The zero-order chi connectivity index (χ0) is 11.3. The summed E-state index contributed by atoms with van der Waals surface area (Å²) in [7, 11) is 0. The molecule has 0 bridgehead atoms. The number of nitrogens with zero attached hydrogens (tertiary/aromatic N) is 1. The molecule has 0 aromatic carbocycles. The molecular weight excluding hydrogens is 186 g/mol. The quantitative estimate of drug-likeness (QED) is 0.690. The topological polar surface area (TPSA) is 20.3 Å². The fourth-order valence-corrected chi connectivity index (χ4v) is 2.10. The third-order valence-electron chi connectivity index (χ3n) is 3.06. The highest BCUT2D eigenvalue weighted by molar-refractivity contribution is 6.00. The van der Waals surface area contributed by atoms with Crippen LogP contribution in [0.2, 0.25) is 0 Å². The van der Waals surface area contributed by atoms with Crippen LogP contribution >= 0.6 is 0 Å². The minimum absolute atomic E-state index is 0.113. The summed E-state index contributed by atoms with van der Waals surface area (Å²) >= 11 is 0. The molecule has 1 rings (SSSR count). The normalized spacial score (nSPS) is 18.8. The van der Waals surface area contributed by atoms with E-state index in [9.17, 15) is 4.79 Å². The van der Waals surface area contributed by atoms with Crippen LogP contribution in [0.3, 0.4) is 0 Å². The Morgan fingerprint density at radius 2 is 1.80 bits per heavy atom. The maximum Gasteiger partial charge on any atom is 0.178 e. The number of allylic oxidation sites excluding steroid dienone is 4. The molecule has 0 saturated carbocycles. The van der Waals surface area contributed by atoms with Crippen molar-refractivity contribution in [2.45, 2.75) is 33.2 Å². The third kappa shape index (κ3) is 3.63. The molecule has 1 aliphatic carbocycles. The second kappa shape index (κ2) is 5.86. The van der Waals surface area contributed by atoms with Gasteiger partial charge in [0.15, 0.2) is 5.78 Å². The smallest absolute Gasteiger partial charge is 0.178 e. The maximum absolute atomic E-state index is 11.0. The summed E-state index contributed by atoms with van der Waals surface area (Å²) in [6.07, 6.45) is 8.49. The first-order valence-corrected chi connectivity index (χ1v) is 5.81. The van der Waals surface area contributed by atoms with Gasteiger partial charge in [0.1, 0.15) is 0 Å². The molecule has 0 spiro atoms. The van der Waals surface area contributed by atoms with Gasteiger partial charge in [-0.1, -0.05) is 26.0 Å². The van der Waals surface area contributed by atoms with E-state index in [2.05, 4.69) is 25.7 Å². The summed E-state index contributed by atoms with van der Waals surface area (Å²) in [5, 5.41) is 0. The van der Waals surface area contributed by atoms with E-state index in [1.54, 1.807) is 12.2 Å². The summed E-state index contributed by atoms with van der Waals surface area (Å²) in [4.78, 5) is 13.4. The molecule has 0 aliphatic heterocycles. The van der Waals surface area contributed by atoms with Crippen LogP contribution in [0.15, 0.2) is 24.3 Å². The van der Waals surface area contributed by atoms with Crippen LogP contribution in [0.4, 0.5) is 0 Å². The Morgan fingerprint density at radius 3 is 2.27 bits per heavy atom. The first-order chi connectivity index (χ1) is 7.17. The Hall–Kier alpha value is -0.890. The van der Waals surface area contributed by atoms with Gasteiger partial charge in [-0.3, -0.25) is 4.79 Å². The average molecular weight is 207 g/mol. The number of carbonyl (C=O) groups excluding carboxylic acids is 1. The van der Waals surface area contributed by atoms with Crippen LogP contribution in [0.5, 0.6) is 0 Å². The fourth-order valence-electron chi connectivity index (χ4n) is 2.10. The van der Waals surface area contributed by atoms with E-state index in [0.29, 0.717) is 12.0 Å². The lowest BCUT2D eigenvalue weighted by molar-refractivity contribution is -0.110. The zero-order valence-electron chi connectivity index (χ0n) is 9.94. The molecule has 0 fully saturated rings. The molecule has 0 aromatic rings. The SMILES string of the molecule is CCN(CC)C(C)CC1C=CC(=O)C=C1. The second-order valence-corrected chi connectivity index (χ2v) is 4.09. The Balaban J connectivity index is 2.44. The van der Waals surface area contributed by atoms with Crippen LogP contribution in [0, 0.1) is 5.92 Å². The van der Waals surface area contributed by atoms with E-state index >= 15 is 0 Å². The van der Waals surface area contributed by atoms with Crippen molar-refractivity contribution in [3.05, 3.63) is 24.3 Å². The second-order valence-electron chi connectivity index (χ2n) is 4.09. The molecule has 0 N–H and O–H groups in total. The van der Waals surface area contributed by atoms with E-state index < -0.39 is 0 Å². The predicted molar refractivity (Wildman–Crippen MR) is 63.8 cm³/mol. The summed E-state index contributed by atoms with van der Waals surface area (Å²) < 4.78 is 0. The van der Waals surface area contributed by atoms with Gasteiger partial charge in [-0.25, -0.2) is 0 Å². The summed E-state index contributed by atoms with van der Waals surface area (Å²) in [5.41, 5.74) is 0. The van der Waals surface area contributed by atoms with E-state index in [1.807, 2.05) is 12.2 Å². The Bertz CT molecular complexity index is 248. The van der Waals surface area contributed by atoms with Crippen LogP contribution in [-0.4, -0.2) is 29.8 Å². The number of hydrogen-bond acceptors (Lipinski definition) is 2. The molecule has 0 saturated heterocycles. The fraction of sp³-hybridized carbons (Fsp3) is 0.615. The van der Waals surface area contributed by atoms with E-state index in [-0.39, 0.29) is 5.78 Å². The van der Waals surface area contributed by atoms with Crippen LogP contribution in [-0.2, 0) is 4.79 Å². The van der Waals surface area contributed by atoms with Crippen molar-refractivity contribution in [3.63, 3.8) is 0 Å². The van der Waals surface area contributed by atoms with Gasteiger partial charge in [0.2, 0.25) is 0 Å². The molecule has 0 aromatic heterocycles. The van der Waals surface area contributed by atoms with Crippen molar-refractivity contribution in [1.29, 1.82) is 0 Å². The summed E-state index contributed by atoms with van der Waals surface area (Å²) in [5.74, 6) is 0.542. The highest BCUT2D eigenvalue weighted by Crippen LogP contribution is 2.17. The van der Waals surface area contributed by atoms with E-state index in [1.165, 1.54) is 0 Å². The van der Waals surface area contributed by atoms with Crippen molar-refractivity contribution in [2.24, 2.45) is 5.92 Å². The van der Waals surface area contributed by atoms with Crippen LogP contribution in [0.1, 0.15) is 27.2 Å². The third-order valence-corrected chi connectivity index (χ3v) is 3.06. The van der Waals surface area contributed by atoms with E-state index in [4.69, 9.17) is 0 Å². The highest BCUT2D eigenvalue weighted by atomic mass is 16.1. The lowest BCUT2D eigenvalue weighted by Crippen LogP contribution is -2.33. The molecule has 1 atom stereocenters. The van der Waals surface area contributed by atoms with Gasteiger partial charge in [-0.15, -0.1) is 0 Å². The molecule has 1 aliphatic rings. The zero-order valence-corrected chi connectivity index (χ0v) is 9.94. The lowest BCUT2D eigenvalue weighted by atomic mass is 9.95. The molecule has 84 valence electrons. The van der Waals surface area contributed by atoms with Crippen molar-refractivity contribution in [1.82, 2.24) is 4.90 Å². The van der Waals surface area contributed by atoms with Gasteiger partial charge >= 0.3 is 0 Å². The van der Waals surface area contributed by atoms with E-state index in [0.717, 1.165) is 19.5 Å². The molecule has 15 heavy (non-hydrogen) atoms. The molecule has 0 heterocycles. The predicted octanol–water partition coefficient (Wildman–Crippen LogP) is 2.42. The lowest BCUT2D eigenvalue weighted by Gasteiger charge is -2.28. The highest BCUT2D eigenvalue weighted by Gasteiger charge is 2.15. The number of carbonyl (C=O) groups is 1. The Labute approximate surface area is 92.7 Å². The minimum atomic E-state index is 0.113. The minimum Gasteiger partial charge on any atom is -0.301 e. The van der Waals surface area contributed by atoms with Crippen LogP contribution in [0.25, 0.3) is 0 Å². The van der Waals surface area contributed by atoms with Crippen molar-refractivity contribution in [2.75, 3.05) is 13.1 Å². The Kier molecular flexibility index (Phi) is 4.76. The molecule has 2 nitrogen and oxygen atoms in total.